The fraction of sp³-hybridized carbons (Fsp3) is 0.250. The zero-order valence-corrected chi connectivity index (χ0v) is 8.60. The number of carboxylic acids is 1. The van der Waals surface area contributed by atoms with Crippen LogP contribution in [0.2, 0.25) is 0 Å². The highest BCUT2D eigenvalue weighted by Crippen LogP contribution is 2.18. The van der Waals surface area contributed by atoms with Gasteiger partial charge in [0.1, 0.15) is 0 Å². The lowest BCUT2D eigenvalue weighted by atomic mass is 10.1. The highest BCUT2D eigenvalue weighted by Gasteiger charge is 2.05. The van der Waals surface area contributed by atoms with E-state index in [-0.39, 0.29) is 0 Å². The van der Waals surface area contributed by atoms with Gasteiger partial charge in [-0.05, 0) is 30.7 Å². The molecule has 0 spiro atoms. The van der Waals surface area contributed by atoms with Crippen LogP contribution in [0.15, 0.2) is 30.5 Å². The normalized spacial score (nSPS) is 10.7. The zero-order chi connectivity index (χ0) is 10.8. The first kappa shape index (κ1) is 9.77. The molecular weight excluding hydrogens is 190 g/mol. The van der Waals surface area contributed by atoms with Crippen molar-refractivity contribution in [3.8, 4) is 0 Å². The first-order valence-corrected chi connectivity index (χ1v) is 5.04. The molecule has 0 radical (unpaired) electrons. The molecule has 1 N–H and O–H groups in total. The number of aryl methyl sites for hydroxylation is 1. The van der Waals surface area contributed by atoms with Crippen molar-refractivity contribution in [1.82, 2.24) is 4.57 Å². The third-order valence-corrected chi connectivity index (χ3v) is 2.48. The molecule has 0 aliphatic heterocycles. The number of nitrogens with zero attached hydrogens (tertiary/aromatic N) is 1. The Morgan fingerprint density at radius 1 is 1.40 bits per heavy atom. The summed E-state index contributed by atoms with van der Waals surface area (Å²) in [6.07, 6.45) is 3.07. The minimum absolute atomic E-state index is 0.344. The van der Waals surface area contributed by atoms with Gasteiger partial charge in [0.25, 0.3) is 0 Å². The Bertz CT molecular complexity index is 499. The number of carboxylic acid groups (broad SMARTS) is 1. The van der Waals surface area contributed by atoms with E-state index in [4.69, 9.17) is 5.11 Å². The van der Waals surface area contributed by atoms with Crippen LogP contribution >= 0.6 is 0 Å². The molecule has 1 aromatic carbocycles. The Morgan fingerprint density at radius 2 is 2.20 bits per heavy atom. The quantitative estimate of drug-likeness (QED) is 0.833. The maximum atomic E-state index is 10.8. The second kappa shape index (κ2) is 3.77. The van der Waals surface area contributed by atoms with Crippen molar-refractivity contribution >= 4 is 16.9 Å². The molecule has 0 bridgehead atoms. The Morgan fingerprint density at radius 3 is 2.87 bits per heavy atom. The molecule has 3 nitrogen and oxygen atoms in total. The first-order chi connectivity index (χ1) is 7.22. The van der Waals surface area contributed by atoms with E-state index in [1.165, 1.54) is 0 Å². The summed E-state index contributed by atoms with van der Waals surface area (Å²) in [6.45, 7) is 3.09. The van der Waals surface area contributed by atoms with Crippen molar-refractivity contribution in [3.05, 3.63) is 36.0 Å². The lowest BCUT2D eigenvalue weighted by molar-refractivity contribution is 0.0697. The molecule has 78 valence electrons. The Hall–Kier alpha value is -1.77. The van der Waals surface area contributed by atoms with Gasteiger partial charge in [-0.1, -0.05) is 6.92 Å². The third-order valence-electron chi connectivity index (χ3n) is 2.48. The van der Waals surface area contributed by atoms with E-state index in [1.807, 2.05) is 18.3 Å². The fourth-order valence-electron chi connectivity index (χ4n) is 1.77. The Labute approximate surface area is 87.9 Å². The number of carbonyl (C=O) groups is 1. The average molecular weight is 203 g/mol. The summed E-state index contributed by atoms with van der Waals surface area (Å²) < 4.78 is 2.14. The maximum absolute atomic E-state index is 10.8. The Balaban J connectivity index is 2.51. The van der Waals surface area contributed by atoms with E-state index in [9.17, 15) is 4.79 Å². The number of aromatic carboxylic acids is 1. The zero-order valence-electron chi connectivity index (χ0n) is 8.60. The fourth-order valence-corrected chi connectivity index (χ4v) is 1.77. The van der Waals surface area contributed by atoms with Crippen molar-refractivity contribution in [1.29, 1.82) is 0 Å². The molecule has 1 heterocycles. The molecule has 0 unspecified atom stereocenters. The molecule has 0 fully saturated rings. The monoisotopic (exact) mass is 203 g/mol. The van der Waals surface area contributed by atoms with E-state index >= 15 is 0 Å². The van der Waals surface area contributed by atoms with Crippen LogP contribution < -0.4 is 0 Å². The summed E-state index contributed by atoms with van der Waals surface area (Å²) in [5.41, 5.74) is 1.44. The van der Waals surface area contributed by atoms with E-state index < -0.39 is 5.97 Å². The van der Waals surface area contributed by atoms with Crippen molar-refractivity contribution in [3.63, 3.8) is 0 Å². The summed E-state index contributed by atoms with van der Waals surface area (Å²) in [5.74, 6) is -0.875. The van der Waals surface area contributed by atoms with E-state index in [1.54, 1.807) is 12.1 Å². The van der Waals surface area contributed by atoms with Gasteiger partial charge in [0.15, 0.2) is 0 Å². The van der Waals surface area contributed by atoms with Crippen LogP contribution in [0.3, 0.4) is 0 Å². The van der Waals surface area contributed by atoms with Gasteiger partial charge in [-0.15, -0.1) is 0 Å². The summed E-state index contributed by atoms with van der Waals surface area (Å²) >= 11 is 0. The van der Waals surface area contributed by atoms with Gasteiger partial charge in [-0.3, -0.25) is 0 Å². The van der Waals surface area contributed by atoms with Crippen molar-refractivity contribution in [2.75, 3.05) is 0 Å². The van der Waals surface area contributed by atoms with Gasteiger partial charge in [-0.2, -0.15) is 0 Å². The summed E-state index contributed by atoms with van der Waals surface area (Å²) in [5, 5.41) is 9.84. The highest BCUT2D eigenvalue weighted by molar-refractivity contribution is 5.93. The van der Waals surface area contributed by atoms with E-state index in [0.29, 0.717) is 5.56 Å². The minimum Gasteiger partial charge on any atom is -0.478 e. The van der Waals surface area contributed by atoms with Gasteiger partial charge < -0.3 is 9.67 Å². The lowest BCUT2D eigenvalue weighted by Gasteiger charge is -2.02. The van der Waals surface area contributed by atoms with Crippen LogP contribution in [0.4, 0.5) is 0 Å². The predicted molar refractivity (Wildman–Crippen MR) is 59.2 cm³/mol. The van der Waals surface area contributed by atoms with Gasteiger partial charge in [-0.25, -0.2) is 4.79 Å². The SMILES string of the molecule is CCCn1ccc2cc(C(=O)O)ccc21. The second-order valence-corrected chi connectivity index (χ2v) is 3.59. The smallest absolute Gasteiger partial charge is 0.335 e. The predicted octanol–water partition coefficient (Wildman–Crippen LogP) is 2.75. The third kappa shape index (κ3) is 1.73. The van der Waals surface area contributed by atoms with Crippen molar-refractivity contribution in [2.45, 2.75) is 19.9 Å². The molecule has 0 atom stereocenters. The molecule has 2 rings (SSSR count). The molecule has 15 heavy (non-hydrogen) atoms. The van der Waals surface area contributed by atoms with Gasteiger partial charge in [0, 0.05) is 23.6 Å². The van der Waals surface area contributed by atoms with Crippen LogP contribution in [0.5, 0.6) is 0 Å². The molecule has 2 aromatic rings. The molecule has 0 aliphatic rings. The number of hydrogen-bond acceptors (Lipinski definition) is 1. The number of rotatable bonds is 3. The van der Waals surface area contributed by atoms with Gasteiger partial charge in [0.05, 0.1) is 5.56 Å². The number of hydrogen-bond donors (Lipinski definition) is 1. The summed E-state index contributed by atoms with van der Waals surface area (Å²) in [4.78, 5) is 10.8. The standard InChI is InChI=1S/C12H13NO2/c1-2-6-13-7-5-9-8-10(12(14)15)3-4-11(9)13/h3-5,7-8H,2,6H2,1H3,(H,14,15). The van der Waals surface area contributed by atoms with Crippen LogP contribution in [0.1, 0.15) is 23.7 Å². The molecule has 0 amide bonds. The van der Waals surface area contributed by atoms with Gasteiger partial charge in [0.2, 0.25) is 0 Å². The molecule has 0 saturated heterocycles. The van der Waals surface area contributed by atoms with E-state index in [2.05, 4.69) is 11.5 Å². The maximum Gasteiger partial charge on any atom is 0.335 e. The molecular formula is C12H13NO2. The average Bonchev–Trinajstić information content (AvgIpc) is 2.61. The lowest BCUT2D eigenvalue weighted by Crippen LogP contribution is -1.97. The number of benzene rings is 1. The molecule has 3 heteroatoms. The Kier molecular flexibility index (Phi) is 2.46. The van der Waals surface area contributed by atoms with Crippen LogP contribution in [0.25, 0.3) is 10.9 Å². The molecule has 0 saturated carbocycles. The second-order valence-electron chi connectivity index (χ2n) is 3.59. The van der Waals surface area contributed by atoms with Crippen molar-refractivity contribution < 1.29 is 9.90 Å². The van der Waals surface area contributed by atoms with Gasteiger partial charge >= 0.3 is 5.97 Å². The van der Waals surface area contributed by atoms with Crippen LogP contribution in [0, 0.1) is 0 Å². The van der Waals surface area contributed by atoms with Crippen LogP contribution in [-0.2, 0) is 6.54 Å². The largest absolute Gasteiger partial charge is 0.478 e. The van der Waals surface area contributed by atoms with Crippen molar-refractivity contribution in [2.24, 2.45) is 0 Å². The number of fused-ring (bicyclic) bond motifs is 1. The molecule has 0 aliphatic carbocycles. The van der Waals surface area contributed by atoms with Crippen LogP contribution in [-0.4, -0.2) is 15.6 Å². The first-order valence-electron chi connectivity index (χ1n) is 5.04. The summed E-state index contributed by atoms with van der Waals surface area (Å²) in [7, 11) is 0. The topological polar surface area (TPSA) is 42.2 Å². The highest BCUT2D eigenvalue weighted by atomic mass is 16.4. The minimum atomic E-state index is -0.875. The van der Waals surface area contributed by atoms with E-state index in [0.717, 1.165) is 23.9 Å². The number of aromatic nitrogens is 1. The molecule has 1 aromatic heterocycles. The summed E-state index contributed by atoms with van der Waals surface area (Å²) in [6, 6.07) is 7.19.